The second kappa shape index (κ2) is 10.3. The summed E-state index contributed by atoms with van der Waals surface area (Å²) in [7, 11) is -0.802. The van der Waals surface area contributed by atoms with Crippen molar-refractivity contribution in [3.05, 3.63) is 54.1 Å². The second-order valence-electron chi connectivity index (χ2n) is 6.22. The van der Waals surface area contributed by atoms with Gasteiger partial charge in [-0.1, -0.05) is 6.07 Å². The minimum atomic E-state index is -3.81. The van der Waals surface area contributed by atoms with Crippen LogP contribution in [-0.4, -0.2) is 41.1 Å². The summed E-state index contributed by atoms with van der Waals surface area (Å²) in [4.78, 5) is 12.3. The lowest BCUT2D eigenvalue weighted by Crippen LogP contribution is -2.29. The lowest BCUT2D eigenvalue weighted by molar-refractivity contribution is 0.0952. The minimum Gasteiger partial charge on any atom is -0.497 e. The molecule has 7 nitrogen and oxygen atoms in total. The molecule has 0 bridgehead atoms. The van der Waals surface area contributed by atoms with Crippen molar-refractivity contribution in [3.63, 3.8) is 0 Å². The third-order valence-electron chi connectivity index (χ3n) is 4.08. The van der Waals surface area contributed by atoms with Crippen LogP contribution in [0.2, 0.25) is 0 Å². The fraction of sp³-hybridized carbons (Fsp3) is 0.316. The van der Waals surface area contributed by atoms with E-state index in [0.29, 0.717) is 24.4 Å². The number of carbonyl (C=O) groups is 1. The van der Waals surface area contributed by atoms with Gasteiger partial charge in [-0.05, 0) is 55.8 Å². The van der Waals surface area contributed by atoms with Crippen molar-refractivity contribution in [2.75, 3.05) is 25.0 Å². The van der Waals surface area contributed by atoms with E-state index in [9.17, 15) is 13.2 Å². The number of halogens is 1. The van der Waals surface area contributed by atoms with Gasteiger partial charge >= 0.3 is 0 Å². The summed E-state index contributed by atoms with van der Waals surface area (Å²) in [5, 5.41) is 2.74. The van der Waals surface area contributed by atoms with E-state index >= 15 is 0 Å². The SMILES string of the molecule is COc1ccc(N(C)S(=O)(=O)c2cccc(C(=O)NCCC(C)N)c2)cc1.Cl. The number of rotatable bonds is 8. The third kappa shape index (κ3) is 5.85. The van der Waals surface area contributed by atoms with Crippen LogP contribution in [0.5, 0.6) is 5.75 Å². The van der Waals surface area contributed by atoms with Gasteiger partial charge in [0.15, 0.2) is 0 Å². The van der Waals surface area contributed by atoms with Crippen LogP contribution < -0.4 is 20.1 Å². The van der Waals surface area contributed by atoms with E-state index in [-0.39, 0.29) is 34.8 Å². The quantitative estimate of drug-likeness (QED) is 0.673. The first-order valence-electron chi connectivity index (χ1n) is 8.52. The van der Waals surface area contributed by atoms with Crippen LogP contribution in [-0.2, 0) is 10.0 Å². The van der Waals surface area contributed by atoms with Crippen molar-refractivity contribution in [2.24, 2.45) is 5.73 Å². The number of benzene rings is 2. The number of nitrogens with one attached hydrogen (secondary N) is 1. The molecule has 2 aromatic rings. The maximum atomic E-state index is 12.9. The summed E-state index contributed by atoms with van der Waals surface area (Å²) in [5.41, 5.74) is 6.43. The highest BCUT2D eigenvalue weighted by molar-refractivity contribution is 7.92. The molecule has 28 heavy (non-hydrogen) atoms. The van der Waals surface area contributed by atoms with E-state index in [4.69, 9.17) is 10.5 Å². The molecule has 0 heterocycles. The Labute approximate surface area is 172 Å². The molecule has 0 saturated carbocycles. The first kappa shape index (κ1) is 23.7. The molecule has 0 aliphatic heterocycles. The topological polar surface area (TPSA) is 102 Å². The number of methoxy groups -OCH3 is 1. The lowest BCUT2D eigenvalue weighted by Gasteiger charge is -2.20. The van der Waals surface area contributed by atoms with Crippen LogP contribution in [0.3, 0.4) is 0 Å². The maximum Gasteiger partial charge on any atom is 0.264 e. The highest BCUT2D eigenvalue weighted by Crippen LogP contribution is 2.24. The highest BCUT2D eigenvalue weighted by Gasteiger charge is 2.22. The number of anilines is 1. The number of ether oxygens (including phenoxy) is 1. The predicted molar refractivity (Wildman–Crippen MR) is 113 cm³/mol. The number of hydrogen-bond acceptors (Lipinski definition) is 5. The molecule has 2 aromatic carbocycles. The summed E-state index contributed by atoms with van der Waals surface area (Å²) >= 11 is 0. The maximum absolute atomic E-state index is 12.9. The average Bonchev–Trinajstić information content (AvgIpc) is 2.67. The third-order valence-corrected chi connectivity index (χ3v) is 5.86. The largest absolute Gasteiger partial charge is 0.497 e. The van der Waals surface area contributed by atoms with E-state index in [1.807, 2.05) is 6.92 Å². The van der Waals surface area contributed by atoms with Crippen molar-refractivity contribution in [2.45, 2.75) is 24.3 Å². The Hall–Kier alpha value is -2.29. The van der Waals surface area contributed by atoms with E-state index in [1.54, 1.807) is 43.5 Å². The summed E-state index contributed by atoms with van der Waals surface area (Å²) in [5.74, 6) is 0.301. The Kier molecular flexibility index (Phi) is 8.74. The predicted octanol–water partition coefficient (Wildman–Crippen LogP) is 2.41. The summed E-state index contributed by atoms with van der Waals surface area (Å²) in [6.45, 7) is 2.29. The van der Waals surface area contributed by atoms with Gasteiger partial charge in [0.1, 0.15) is 5.75 Å². The Morgan fingerprint density at radius 2 is 1.86 bits per heavy atom. The zero-order valence-corrected chi connectivity index (χ0v) is 17.7. The molecule has 0 spiro atoms. The van der Waals surface area contributed by atoms with Gasteiger partial charge in [-0.25, -0.2) is 8.42 Å². The number of hydrogen-bond donors (Lipinski definition) is 2. The molecule has 2 rings (SSSR count). The number of nitrogens with zero attached hydrogens (tertiary/aromatic N) is 1. The number of amides is 1. The van der Waals surface area contributed by atoms with E-state index in [1.165, 1.54) is 23.5 Å². The van der Waals surface area contributed by atoms with Crippen LogP contribution in [0.25, 0.3) is 0 Å². The zero-order valence-electron chi connectivity index (χ0n) is 16.1. The molecule has 9 heteroatoms. The molecule has 1 atom stereocenters. The number of nitrogens with two attached hydrogens (primary N) is 1. The summed E-state index contributed by atoms with van der Waals surface area (Å²) < 4.78 is 32.1. The van der Waals surface area contributed by atoms with Crippen molar-refractivity contribution in [1.82, 2.24) is 5.32 Å². The molecule has 1 unspecified atom stereocenters. The Bertz CT molecular complexity index is 886. The van der Waals surface area contributed by atoms with Gasteiger partial charge in [0.25, 0.3) is 15.9 Å². The number of carbonyl (C=O) groups excluding carboxylic acids is 1. The fourth-order valence-electron chi connectivity index (χ4n) is 2.40. The Morgan fingerprint density at radius 3 is 2.43 bits per heavy atom. The monoisotopic (exact) mass is 427 g/mol. The molecule has 154 valence electrons. The van der Waals surface area contributed by atoms with Crippen molar-refractivity contribution >= 4 is 34.0 Å². The summed E-state index contributed by atoms with van der Waals surface area (Å²) in [6, 6.07) is 12.6. The molecular weight excluding hydrogens is 402 g/mol. The standard InChI is InChI=1S/C19H25N3O4S.ClH/c1-14(20)11-12-21-19(23)15-5-4-6-18(13-15)27(24,25)22(2)16-7-9-17(26-3)10-8-16;/h4-10,13-14H,11-12,20H2,1-3H3,(H,21,23);1H. The molecule has 0 aliphatic rings. The Balaban J connectivity index is 0.00000392. The summed E-state index contributed by atoms with van der Waals surface area (Å²) in [6.07, 6.45) is 0.643. The first-order valence-corrected chi connectivity index (χ1v) is 9.96. The lowest BCUT2D eigenvalue weighted by atomic mass is 10.2. The Morgan fingerprint density at radius 1 is 1.21 bits per heavy atom. The van der Waals surface area contributed by atoms with Gasteiger partial charge in [0.2, 0.25) is 0 Å². The minimum absolute atomic E-state index is 0. The van der Waals surface area contributed by atoms with Crippen molar-refractivity contribution in [3.8, 4) is 5.75 Å². The van der Waals surface area contributed by atoms with Gasteiger partial charge in [0, 0.05) is 25.2 Å². The van der Waals surface area contributed by atoms with Crippen LogP contribution in [0.15, 0.2) is 53.4 Å². The fourth-order valence-corrected chi connectivity index (χ4v) is 3.64. The van der Waals surface area contributed by atoms with Crippen molar-refractivity contribution < 1.29 is 17.9 Å². The second-order valence-corrected chi connectivity index (χ2v) is 8.19. The molecule has 0 radical (unpaired) electrons. The molecule has 0 fully saturated rings. The molecule has 0 saturated heterocycles. The highest BCUT2D eigenvalue weighted by atomic mass is 35.5. The van der Waals surface area contributed by atoms with Gasteiger partial charge in [-0.2, -0.15) is 0 Å². The first-order chi connectivity index (χ1) is 12.8. The van der Waals surface area contributed by atoms with Gasteiger partial charge in [0.05, 0.1) is 17.7 Å². The van der Waals surface area contributed by atoms with Crippen LogP contribution in [0.4, 0.5) is 5.69 Å². The molecule has 3 N–H and O–H groups in total. The van der Waals surface area contributed by atoms with Crippen molar-refractivity contribution in [1.29, 1.82) is 0 Å². The van der Waals surface area contributed by atoms with Gasteiger partial charge in [-0.15, -0.1) is 12.4 Å². The van der Waals surface area contributed by atoms with Crippen LogP contribution in [0.1, 0.15) is 23.7 Å². The molecule has 0 aliphatic carbocycles. The average molecular weight is 428 g/mol. The van der Waals surface area contributed by atoms with E-state index in [0.717, 1.165) is 0 Å². The molecule has 0 aromatic heterocycles. The van der Waals surface area contributed by atoms with Crippen LogP contribution in [0, 0.1) is 0 Å². The smallest absolute Gasteiger partial charge is 0.264 e. The normalized spacial score (nSPS) is 11.9. The van der Waals surface area contributed by atoms with E-state index < -0.39 is 10.0 Å². The molecular formula is C19H26ClN3O4S. The molecule has 1 amide bonds. The van der Waals surface area contributed by atoms with Gasteiger partial charge < -0.3 is 15.8 Å². The van der Waals surface area contributed by atoms with E-state index in [2.05, 4.69) is 5.32 Å². The van der Waals surface area contributed by atoms with Gasteiger partial charge in [-0.3, -0.25) is 9.10 Å². The van der Waals surface area contributed by atoms with Crippen LogP contribution >= 0.6 is 12.4 Å². The zero-order chi connectivity index (χ0) is 20.0. The number of sulfonamides is 1.